The van der Waals surface area contributed by atoms with Crippen molar-refractivity contribution < 1.29 is 14.3 Å². The summed E-state index contributed by atoms with van der Waals surface area (Å²) in [6.07, 6.45) is 3.75. The first kappa shape index (κ1) is 10.7. The van der Waals surface area contributed by atoms with Gasteiger partial charge in [0.2, 0.25) is 0 Å². The van der Waals surface area contributed by atoms with Gasteiger partial charge in [-0.25, -0.2) is 0 Å². The molecule has 0 saturated carbocycles. The Kier molecular flexibility index (Phi) is 2.79. The Morgan fingerprint density at radius 2 is 2.12 bits per heavy atom. The van der Waals surface area contributed by atoms with Gasteiger partial charge >= 0.3 is 0 Å². The summed E-state index contributed by atoms with van der Waals surface area (Å²) >= 11 is 0. The Morgan fingerprint density at radius 1 is 1.29 bits per heavy atom. The van der Waals surface area contributed by atoms with Crippen LogP contribution in [0.2, 0.25) is 0 Å². The first-order valence-corrected chi connectivity index (χ1v) is 5.86. The number of rotatable bonds is 3. The molecule has 1 aromatic carbocycles. The second-order valence-electron chi connectivity index (χ2n) is 4.42. The van der Waals surface area contributed by atoms with Crippen LogP contribution in [0.25, 0.3) is 0 Å². The zero-order valence-corrected chi connectivity index (χ0v) is 9.41. The van der Waals surface area contributed by atoms with E-state index in [1.807, 2.05) is 36.4 Å². The number of hydrogen-bond donors (Lipinski definition) is 0. The van der Waals surface area contributed by atoms with Crippen LogP contribution < -0.4 is 0 Å². The smallest absolute Gasteiger partial charge is 0.184 e. The van der Waals surface area contributed by atoms with Crippen LogP contribution in [0.4, 0.5) is 0 Å². The van der Waals surface area contributed by atoms with Crippen molar-refractivity contribution in [1.29, 1.82) is 0 Å². The molecule has 0 radical (unpaired) electrons. The second-order valence-corrected chi connectivity index (χ2v) is 4.42. The minimum atomic E-state index is -0.286. The topological polar surface area (TPSA) is 35.5 Å². The van der Waals surface area contributed by atoms with Gasteiger partial charge in [0.1, 0.15) is 12.2 Å². The normalized spacial score (nSPS) is 30.8. The molecule has 1 saturated heterocycles. The number of ether oxygens (including phenoxy) is 2. The molecule has 17 heavy (non-hydrogen) atoms. The fourth-order valence-corrected chi connectivity index (χ4v) is 2.27. The lowest BCUT2D eigenvalue weighted by Gasteiger charge is -2.16. The fraction of sp³-hybridized carbons (Fsp3) is 0.357. The summed E-state index contributed by atoms with van der Waals surface area (Å²) in [6, 6.07) is 10.0. The van der Waals surface area contributed by atoms with E-state index < -0.39 is 0 Å². The molecule has 2 bridgehead atoms. The third-order valence-electron chi connectivity index (χ3n) is 3.21. The lowest BCUT2D eigenvalue weighted by Crippen LogP contribution is -2.25. The van der Waals surface area contributed by atoms with E-state index in [0.717, 1.165) is 5.56 Å². The van der Waals surface area contributed by atoms with Gasteiger partial charge < -0.3 is 9.47 Å². The Bertz CT molecular complexity index is 438. The zero-order valence-electron chi connectivity index (χ0n) is 9.41. The molecule has 2 aliphatic heterocycles. The van der Waals surface area contributed by atoms with Gasteiger partial charge in [-0.2, -0.15) is 0 Å². The van der Waals surface area contributed by atoms with E-state index in [4.69, 9.17) is 9.47 Å². The number of carbonyl (C=O) groups excluding carboxylic acids is 1. The van der Waals surface area contributed by atoms with E-state index in [0.29, 0.717) is 13.0 Å². The predicted molar refractivity (Wildman–Crippen MR) is 62.4 cm³/mol. The van der Waals surface area contributed by atoms with Crippen LogP contribution in [-0.2, 0) is 20.9 Å². The Balaban J connectivity index is 1.61. The molecule has 2 aliphatic rings. The van der Waals surface area contributed by atoms with Crippen molar-refractivity contribution in [3.05, 3.63) is 48.0 Å². The molecule has 2 heterocycles. The van der Waals surface area contributed by atoms with Crippen molar-refractivity contribution in [2.45, 2.75) is 31.3 Å². The molecule has 0 spiro atoms. The molecule has 0 amide bonds. The van der Waals surface area contributed by atoms with Crippen LogP contribution in [0.15, 0.2) is 42.5 Å². The highest BCUT2D eigenvalue weighted by Gasteiger charge is 2.40. The number of carbonyl (C=O) groups is 1. The molecular weight excluding hydrogens is 216 g/mol. The maximum Gasteiger partial charge on any atom is 0.184 e. The van der Waals surface area contributed by atoms with Crippen LogP contribution in [0.5, 0.6) is 0 Å². The first-order chi connectivity index (χ1) is 8.33. The summed E-state index contributed by atoms with van der Waals surface area (Å²) < 4.78 is 11.4. The number of fused-ring (bicyclic) bond motifs is 2. The summed E-state index contributed by atoms with van der Waals surface area (Å²) in [5.41, 5.74) is 1.14. The molecular formula is C14H14O3. The molecule has 0 aromatic heterocycles. The van der Waals surface area contributed by atoms with Crippen LogP contribution in [0.3, 0.4) is 0 Å². The summed E-state index contributed by atoms with van der Waals surface area (Å²) in [4.78, 5) is 11.4. The minimum Gasteiger partial charge on any atom is -0.370 e. The monoisotopic (exact) mass is 230 g/mol. The van der Waals surface area contributed by atoms with Crippen molar-refractivity contribution in [2.24, 2.45) is 0 Å². The SMILES string of the molecule is O=C1C=C[C@H]2O[C@@H]1C[C@H]2OCc1ccccc1. The number of hydrogen-bond acceptors (Lipinski definition) is 3. The minimum absolute atomic E-state index is 0.00269. The van der Waals surface area contributed by atoms with Gasteiger partial charge in [-0.05, 0) is 17.7 Å². The molecule has 3 atom stereocenters. The van der Waals surface area contributed by atoms with Crippen molar-refractivity contribution >= 4 is 5.78 Å². The molecule has 3 heteroatoms. The van der Waals surface area contributed by atoms with Crippen LogP contribution >= 0.6 is 0 Å². The summed E-state index contributed by atoms with van der Waals surface area (Å²) in [5.74, 6) is 0.0621. The van der Waals surface area contributed by atoms with Gasteiger partial charge in [0.05, 0.1) is 12.7 Å². The van der Waals surface area contributed by atoms with Crippen molar-refractivity contribution in [3.63, 3.8) is 0 Å². The highest BCUT2D eigenvalue weighted by atomic mass is 16.6. The molecule has 88 valence electrons. The number of benzene rings is 1. The molecule has 3 nitrogen and oxygen atoms in total. The standard InChI is InChI=1S/C14H14O3/c15-11-6-7-12-14(8-13(11)17-12)16-9-10-4-2-1-3-5-10/h1-7,12-14H,8-9H2/t12-,13-,14-/m1/s1. The van der Waals surface area contributed by atoms with E-state index in [2.05, 4.69) is 0 Å². The number of ketones is 1. The Hall–Kier alpha value is -1.45. The van der Waals surface area contributed by atoms with Gasteiger partial charge in [0, 0.05) is 6.42 Å². The van der Waals surface area contributed by atoms with Crippen molar-refractivity contribution in [2.75, 3.05) is 0 Å². The third kappa shape index (κ3) is 2.16. The van der Waals surface area contributed by atoms with Gasteiger partial charge in [0.25, 0.3) is 0 Å². The van der Waals surface area contributed by atoms with E-state index in [1.165, 1.54) is 0 Å². The largest absolute Gasteiger partial charge is 0.370 e. The second kappa shape index (κ2) is 4.43. The first-order valence-electron chi connectivity index (χ1n) is 5.86. The third-order valence-corrected chi connectivity index (χ3v) is 3.21. The Morgan fingerprint density at radius 3 is 2.88 bits per heavy atom. The van der Waals surface area contributed by atoms with E-state index in [-0.39, 0.29) is 24.1 Å². The fourth-order valence-electron chi connectivity index (χ4n) is 2.27. The van der Waals surface area contributed by atoms with Gasteiger partial charge in [-0.15, -0.1) is 0 Å². The van der Waals surface area contributed by atoms with Crippen LogP contribution in [0, 0.1) is 0 Å². The quantitative estimate of drug-likeness (QED) is 0.795. The van der Waals surface area contributed by atoms with Crippen LogP contribution in [-0.4, -0.2) is 24.1 Å². The van der Waals surface area contributed by atoms with E-state index in [1.54, 1.807) is 6.08 Å². The molecule has 0 aliphatic carbocycles. The molecule has 3 rings (SSSR count). The Labute approximate surface area is 100 Å². The van der Waals surface area contributed by atoms with Crippen molar-refractivity contribution in [3.8, 4) is 0 Å². The zero-order chi connectivity index (χ0) is 11.7. The van der Waals surface area contributed by atoms with E-state index >= 15 is 0 Å². The maximum atomic E-state index is 11.4. The maximum absolute atomic E-state index is 11.4. The highest BCUT2D eigenvalue weighted by molar-refractivity contribution is 5.94. The highest BCUT2D eigenvalue weighted by Crippen LogP contribution is 2.29. The van der Waals surface area contributed by atoms with Gasteiger partial charge in [-0.3, -0.25) is 4.79 Å². The average molecular weight is 230 g/mol. The lowest BCUT2D eigenvalue weighted by molar-refractivity contribution is -0.125. The molecule has 0 unspecified atom stereocenters. The molecule has 1 aromatic rings. The van der Waals surface area contributed by atoms with Crippen molar-refractivity contribution in [1.82, 2.24) is 0 Å². The summed E-state index contributed by atoms with van der Waals surface area (Å²) in [7, 11) is 0. The van der Waals surface area contributed by atoms with E-state index in [9.17, 15) is 4.79 Å². The lowest BCUT2D eigenvalue weighted by atomic mass is 10.1. The average Bonchev–Trinajstić information content (AvgIpc) is 2.72. The summed E-state index contributed by atoms with van der Waals surface area (Å²) in [6.45, 7) is 0.570. The van der Waals surface area contributed by atoms with Gasteiger partial charge in [-0.1, -0.05) is 30.3 Å². The summed E-state index contributed by atoms with van der Waals surface area (Å²) in [5, 5.41) is 0. The van der Waals surface area contributed by atoms with Gasteiger partial charge in [0.15, 0.2) is 5.78 Å². The molecule has 1 fully saturated rings. The molecule has 0 N–H and O–H groups in total. The predicted octanol–water partition coefficient (Wildman–Crippen LogP) is 1.87. The van der Waals surface area contributed by atoms with Crippen LogP contribution in [0.1, 0.15) is 12.0 Å².